The number of rotatable bonds is 5. The number of aromatic nitrogens is 2. The molecule has 1 amide bonds. The molecule has 0 bridgehead atoms. The molecule has 0 radical (unpaired) electrons. The van der Waals surface area contributed by atoms with Gasteiger partial charge in [0.2, 0.25) is 15.0 Å². The molecule has 1 aliphatic heterocycles. The molecule has 0 spiro atoms. The van der Waals surface area contributed by atoms with E-state index in [0.29, 0.717) is 23.5 Å². The van der Waals surface area contributed by atoms with Crippen molar-refractivity contribution in [2.75, 3.05) is 18.4 Å². The lowest BCUT2D eigenvalue weighted by Crippen LogP contribution is -2.37. The number of anilines is 1. The van der Waals surface area contributed by atoms with Crippen molar-refractivity contribution < 1.29 is 17.6 Å². The molecule has 4 rings (SSSR count). The van der Waals surface area contributed by atoms with Crippen molar-refractivity contribution in [2.24, 2.45) is 0 Å². The highest BCUT2D eigenvalue weighted by atomic mass is 35.5. The molecule has 3 aromatic rings. The highest BCUT2D eigenvalue weighted by Gasteiger charge is 2.32. The third-order valence-corrected chi connectivity index (χ3v) is 8.27. The summed E-state index contributed by atoms with van der Waals surface area (Å²) in [6, 6.07) is 12.5. The lowest BCUT2D eigenvalue weighted by Gasteiger charge is -2.30. The monoisotopic (exact) mass is 480 g/mol. The van der Waals surface area contributed by atoms with Crippen molar-refractivity contribution in [3.05, 3.63) is 69.4 Å². The van der Waals surface area contributed by atoms with Crippen LogP contribution in [0.15, 0.2) is 53.4 Å². The highest BCUT2D eigenvalue weighted by molar-refractivity contribution is 7.89. The number of amides is 1. The number of sulfonamides is 1. The van der Waals surface area contributed by atoms with Crippen molar-refractivity contribution in [3.63, 3.8) is 0 Å². The Hall–Kier alpha value is -2.40. The lowest BCUT2D eigenvalue weighted by atomic mass is 9.99. The molecule has 1 aromatic heterocycles. The number of carbonyl (C=O) groups is 1. The summed E-state index contributed by atoms with van der Waals surface area (Å²) in [4.78, 5) is 12.3. The van der Waals surface area contributed by atoms with E-state index in [4.69, 9.17) is 11.6 Å². The van der Waals surface area contributed by atoms with E-state index < -0.39 is 15.8 Å². The van der Waals surface area contributed by atoms with Gasteiger partial charge in [-0.05, 0) is 43.2 Å². The molecule has 0 aliphatic carbocycles. The summed E-state index contributed by atoms with van der Waals surface area (Å²) >= 11 is 6.95. The van der Waals surface area contributed by atoms with E-state index in [2.05, 4.69) is 15.5 Å². The van der Waals surface area contributed by atoms with Gasteiger partial charge in [0.15, 0.2) is 0 Å². The maximum atomic E-state index is 13.4. The third kappa shape index (κ3) is 4.77. The Morgan fingerprint density at radius 1 is 1.13 bits per heavy atom. The average Bonchev–Trinajstić information content (AvgIpc) is 3.27. The summed E-state index contributed by atoms with van der Waals surface area (Å²) in [6.45, 7) is 0.570. The van der Waals surface area contributed by atoms with Gasteiger partial charge in [0.05, 0.1) is 9.92 Å². The first-order valence-corrected chi connectivity index (χ1v) is 12.1. The molecule has 1 N–H and O–H groups in total. The number of hydrogen-bond donors (Lipinski definition) is 1. The number of piperidine rings is 1. The molecule has 0 saturated carbocycles. The van der Waals surface area contributed by atoms with Crippen LogP contribution in [0.1, 0.15) is 33.6 Å². The Labute approximate surface area is 187 Å². The summed E-state index contributed by atoms with van der Waals surface area (Å²) in [5, 5.41) is 11.7. The quantitative estimate of drug-likeness (QED) is 0.592. The minimum Gasteiger partial charge on any atom is -0.320 e. The zero-order valence-electron chi connectivity index (χ0n) is 16.2. The molecule has 1 aliphatic rings. The topological polar surface area (TPSA) is 92.3 Å². The predicted octanol–water partition coefficient (Wildman–Crippen LogP) is 4.15. The highest BCUT2D eigenvalue weighted by Crippen LogP contribution is 2.33. The largest absolute Gasteiger partial charge is 0.320 e. The Morgan fingerprint density at radius 3 is 2.52 bits per heavy atom. The van der Waals surface area contributed by atoms with Crippen LogP contribution < -0.4 is 5.32 Å². The van der Waals surface area contributed by atoms with Gasteiger partial charge in [0, 0.05) is 24.7 Å². The average molecular weight is 481 g/mol. The van der Waals surface area contributed by atoms with Crippen molar-refractivity contribution in [1.82, 2.24) is 14.5 Å². The molecule has 2 aromatic carbocycles. The second-order valence-electron chi connectivity index (χ2n) is 7.02. The minimum atomic E-state index is -3.76. The SMILES string of the molecule is O=C(Nc1ccccc1)c1nnc(C2CCN(S(=O)(=O)c3ccc(F)c(Cl)c3)CC2)s1. The second-order valence-corrected chi connectivity index (χ2v) is 10.4. The van der Waals surface area contributed by atoms with Gasteiger partial charge in [0.25, 0.3) is 5.91 Å². The normalized spacial score (nSPS) is 15.7. The fraction of sp³-hybridized carbons (Fsp3) is 0.250. The fourth-order valence-electron chi connectivity index (χ4n) is 3.33. The molecule has 31 heavy (non-hydrogen) atoms. The standard InChI is InChI=1S/C20H18ClFN4O3S2/c21-16-12-15(6-7-17(16)22)31(28,29)26-10-8-13(9-11-26)19-24-25-20(30-19)18(27)23-14-4-2-1-3-5-14/h1-7,12-13H,8-11H2,(H,23,27). The maximum Gasteiger partial charge on any atom is 0.286 e. The van der Waals surface area contributed by atoms with Crippen LogP contribution >= 0.6 is 22.9 Å². The van der Waals surface area contributed by atoms with Crippen LogP contribution in [0.25, 0.3) is 0 Å². The zero-order valence-corrected chi connectivity index (χ0v) is 18.6. The van der Waals surface area contributed by atoms with E-state index >= 15 is 0 Å². The van der Waals surface area contributed by atoms with Crippen molar-refractivity contribution in [1.29, 1.82) is 0 Å². The predicted molar refractivity (Wildman–Crippen MR) is 116 cm³/mol. The molecule has 11 heteroatoms. The van der Waals surface area contributed by atoms with Gasteiger partial charge in [-0.15, -0.1) is 10.2 Å². The molecule has 162 valence electrons. The first-order valence-electron chi connectivity index (χ1n) is 9.49. The van der Waals surface area contributed by atoms with Gasteiger partial charge in [-0.1, -0.05) is 41.1 Å². The van der Waals surface area contributed by atoms with E-state index in [1.54, 1.807) is 12.1 Å². The van der Waals surface area contributed by atoms with Crippen LogP contribution in [-0.4, -0.2) is 41.9 Å². The smallest absolute Gasteiger partial charge is 0.286 e. The van der Waals surface area contributed by atoms with Gasteiger partial charge in [-0.3, -0.25) is 4.79 Å². The Bertz CT molecular complexity index is 1200. The number of benzene rings is 2. The van der Waals surface area contributed by atoms with Crippen molar-refractivity contribution in [3.8, 4) is 0 Å². The summed E-state index contributed by atoms with van der Waals surface area (Å²) < 4.78 is 40.4. The van der Waals surface area contributed by atoms with Gasteiger partial charge < -0.3 is 5.32 Å². The van der Waals surface area contributed by atoms with E-state index in [-0.39, 0.29) is 39.8 Å². The zero-order chi connectivity index (χ0) is 22.0. The summed E-state index contributed by atoms with van der Waals surface area (Å²) in [5.74, 6) is -0.982. The minimum absolute atomic E-state index is 0.0130. The van der Waals surface area contributed by atoms with Crippen LogP contribution in [0.3, 0.4) is 0 Å². The number of carbonyl (C=O) groups excluding carboxylic acids is 1. The molecular weight excluding hydrogens is 463 g/mol. The fourth-order valence-corrected chi connectivity index (χ4v) is 5.98. The summed E-state index contributed by atoms with van der Waals surface area (Å²) in [5.41, 5.74) is 0.670. The molecule has 1 saturated heterocycles. The van der Waals surface area contributed by atoms with Gasteiger partial charge in [-0.25, -0.2) is 12.8 Å². The van der Waals surface area contributed by atoms with E-state index in [9.17, 15) is 17.6 Å². The van der Waals surface area contributed by atoms with Crippen LogP contribution in [0.2, 0.25) is 5.02 Å². The van der Waals surface area contributed by atoms with Crippen LogP contribution in [0.5, 0.6) is 0 Å². The first kappa shape index (κ1) is 21.8. The third-order valence-electron chi connectivity index (χ3n) is 5.00. The van der Waals surface area contributed by atoms with Crippen molar-refractivity contribution >= 4 is 44.6 Å². The molecular formula is C20H18ClFN4O3S2. The molecule has 2 heterocycles. The Morgan fingerprint density at radius 2 is 1.84 bits per heavy atom. The number of para-hydroxylation sites is 1. The van der Waals surface area contributed by atoms with Crippen molar-refractivity contribution in [2.45, 2.75) is 23.7 Å². The molecule has 0 unspecified atom stereocenters. The maximum absolute atomic E-state index is 13.4. The number of halogens is 2. The van der Waals surface area contributed by atoms with E-state index in [1.807, 2.05) is 18.2 Å². The summed E-state index contributed by atoms with van der Waals surface area (Å²) in [7, 11) is -3.76. The molecule has 1 fully saturated rings. The van der Waals surface area contributed by atoms with Crippen LogP contribution in [0, 0.1) is 5.82 Å². The Kier molecular flexibility index (Phi) is 6.33. The van der Waals surface area contributed by atoms with E-state index in [0.717, 1.165) is 12.1 Å². The van der Waals surface area contributed by atoms with Crippen LogP contribution in [-0.2, 0) is 10.0 Å². The van der Waals surface area contributed by atoms with Gasteiger partial charge >= 0.3 is 0 Å². The van der Waals surface area contributed by atoms with Crippen LogP contribution in [0.4, 0.5) is 10.1 Å². The molecule has 7 nitrogen and oxygen atoms in total. The number of nitrogens with zero attached hydrogens (tertiary/aromatic N) is 3. The second kappa shape index (κ2) is 8.99. The van der Waals surface area contributed by atoms with E-state index in [1.165, 1.54) is 21.7 Å². The van der Waals surface area contributed by atoms with Gasteiger partial charge in [-0.2, -0.15) is 4.31 Å². The lowest BCUT2D eigenvalue weighted by molar-refractivity contribution is 0.102. The molecule has 0 atom stereocenters. The number of hydrogen-bond acceptors (Lipinski definition) is 6. The summed E-state index contributed by atoms with van der Waals surface area (Å²) in [6.07, 6.45) is 1.09. The Balaban J connectivity index is 1.40. The first-order chi connectivity index (χ1) is 14.8. The number of nitrogens with one attached hydrogen (secondary N) is 1. The van der Waals surface area contributed by atoms with Gasteiger partial charge in [0.1, 0.15) is 10.8 Å².